The van der Waals surface area contributed by atoms with Gasteiger partial charge in [-0.3, -0.25) is 14.9 Å². The van der Waals surface area contributed by atoms with Gasteiger partial charge in [-0.15, -0.1) is 0 Å². The van der Waals surface area contributed by atoms with Crippen LogP contribution in [0, 0.1) is 17.0 Å². The molecular weight excluding hydrogens is 260 g/mol. The largest absolute Gasteiger partial charge is 0.456 e. The highest BCUT2D eigenvalue weighted by Crippen LogP contribution is 2.32. The van der Waals surface area contributed by atoms with Gasteiger partial charge in [0.15, 0.2) is 0 Å². The predicted octanol–water partition coefficient (Wildman–Crippen LogP) is 2.66. The zero-order valence-electron chi connectivity index (χ0n) is 10.7. The summed E-state index contributed by atoms with van der Waals surface area (Å²) in [6.45, 7) is 1.78. The standard InChI is InChI=1S/C14H12N2O4/c1-9-2-5-11(12(8-9)16(18)19)13-6-3-10(20-13)4-7-14(15)17/h2-8H,1H3,(H2,15,17)/b7-4-. The number of carbonyl (C=O) groups excluding carboxylic acids is 1. The molecule has 1 aromatic heterocycles. The highest BCUT2D eigenvalue weighted by atomic mass is 16.6. The van der Waals surface area contributed by atoms with Crippen molar-refractivity contribution in [1.82, 2.24) is 0 Å². The molecule has 1 aromatic carbocycles. The van der Waals surface area contributed by atoms with Crippen molar-refractivity contribution in [1.29, 1.82) is 0 Å². The number of amides is 1. The maximum absolute atomic E-state index is 11.1. The van der Waals surface area contributed by atoms with Crippen LogP contribution in [0.4, 0.5) is 5.69 Å². The molecule has 0 aliphatic heterocycles. The van der Waals surface area contributed by atoms with Crippen LogP contribution >= 0.6 is 0 Å². The molecule has 20 heavy (non-hydrogen) atoms. The Hall–Kier alpha value is -2.89. The van der Waals surface area contributed by atoms with Crippen molar-refractivity contribution >= 4 is 17.7 Å². The monoisotopic (exact) mass is 272 g/mol. The average molecular weight is 272 g/mol. The van der Waals surface area contributed by atoms with Gasteiger partial charge in [-0.25, -0.2) is 0 Å². The van der Waals surface area contributed by atoms with Crippen LogP contribution in [-0.2, 0) is 4.79 Å². The molecular formula is C14H12N2O4. The van der Waals surface area contributed by atoms with E-state index in [-0.39, 0.29) is 5.69 Å². The molecule has 0 fully saturated rings. The lowest BCUT2D eigenvalue weighted by molar-refractivity contribution is -0.384. The number of rotatable bonds is 4. The molecule has 6 nitrogen and oxygen atoms in total. The van der Waals surface area contributed by atoms with E-state index >= 15 is 0 Å². The second kappa shape index (κ2) is 5.40. The van der Waals surface area contributed by atoms with Gasteiger partial charge < -0.3 is 10.2 Å². The van der Waals surface area contributed by atoms with Crippen LogP contribution < -0.4 is 5.73 Å². The lowest BCUT2D eigenvalue weighted by Crippen LogP contribution is -2.04. The van der Waals surface area contributed by atoms with Gasteiger partial charge in [-0.2, -0.15) is 0 Å². The van der Waals surface area contributed by atoms with E-state index in [1.54, 1.807) is 31.2 Å². The van der Waals surface area contributed by atoms with Gasteiger partial charge in [0.05, 0.1) is 10.5 Å². The second-order valence-corrected chi connectivity index (χ2v) is 4.22. The molecule has 0 spiro atoms. The van der Waals surface area contributed by atoms with E-state index in [4.69, 9.17) is 10.2 Å². The van der Waals surface area contributed by atoms with Crippen molar-refractivity contribution < 1.29 is 14.1 Å². The number of hydrogen-bond acceptors (Lipinski definition) is 4. The third-order valence-corrected chi connectivity index (χ3v) is 2.65. The Morgan fingerprint density at radius 3 is 2.75 bits per heavy atom. The first-order chi connectivity index (χ1) is 9.47. The first-order valence-electron chi connectivity index (χ1n) is 5.80. The number of benzene rings is 1. The fourth-order valence-electron chi connectivity index (χ4n) is 1.75. The number of nitrogens with zero attached hydrogens (tertiary/aromatic N) is 1. The summed E-state index contributed by atoms with van der Waals surface area (Å²) in [5, 5.41) is 11.1. The molecule has 2 aromatic rings. The molecule has 0 aliphatic carbocycles. The van der Waals surface area contributed by atoms with Crippen LogP contribution in [0.25, 0.3) is 17.4 Å². The molecule has 0 radical (unpaired) electrons. The van der Waals surface area contributed by atoms with E-state index < -0.39 is 10.8 Å². The lowest BCUT2D eigenvalue weighted by atomic mass is 10.1. The number of furan rings is 1. The maximum atomic E-state index is 11.1. The minimum Gasteiger partial charge on any atom is -0.456 e. The zero-order valence-corrected chi connectivity index (χ0v) is 10.7. The Balaban J connectivity index is 2.42. The Labute approximate surface area is 114 Å². The molecule has 1 amide bonds. The van der Waals surface area contributed by atoms with Crippen LogP contribution in [0.1, 0.15) is 11.3 Å². The predicted molar refractivity (Wildman–Crippen MR) is 73.8 cm³/mol. The van der Waals surface area contributed by atoms with Crippen LogP contribution in [0.5, 0.6) is 0 Å². The molecule has 1 heterocycles. The van der Waals surface area contributed by atoms with E-state index in [0.29, 0.717) is 17.1 Å². The van der Waals surface area contributed by atoms with E-state index in [0.717, 1.165) is 11.6 Å². The fraction of sp³-hybridized carbons (Fsp3) is 0.0714. The van der Waals surface area contributed by atoms with Crippen LogP contribution in [0.3, 0.4) is 0 Å². The highest BCUT2D eigenvalue weighted by Gasteiger charge is 2.17. The topological polar surface area (TPSA) is 99.4 Å². The molecule has 0 bridgehead atoms. The fourth-order valence-corrected chi connectivity index (χ4v) is 1.75. The first-order valence-corrected chi connectivity index (χ1v) is 5.80. The van der Waals surface area contributed by atoms with Crippen molar-refractivity contribution in [3.8, 4) is 11.3 Å². The molecule has 0 unspecified atom stereocenters. The molecule has 102 valence electrons. The average Bonchev–Trinajstić information content (AvgIpc) is 2.84. The first kappa shape index (κ1) is 13.5. The molecule has 6 heteroatoms. The quantitative estimate of drug-likeness (QED) is 0.525. The molecule has 0 saturated heterocycles. The highest BCUT2D eigenvalue weighted by molar-refractivity contribution is 5.90. The Morgan fingerprint density at radius 2 is 2.10 bits per heavy atom. The van der Waals surface area contributed by atoms with E-state index in [1.165, 1.54) is 12.1 Å². The molecule has 2 N–H and O–H groups in total. The number of aryl methyl sites for hydroxylation is 1. The summed E-state index contributed by atoms with van der Waals surface area (Å²) in [5.74, 6) is 0.166. The maximum Gasteiger partial charge on any atom is 0.280 e. The second-order valence-electron chi connectivity index (χ2n) is 4.22. The van der Waals surface area contributed by atoms with Crippen molar-refractivity contribution in [2.24, 2.45) is 5.73 Å². The van der Waals surface area contributed by atoms with Gasteiger partial charge in [-0.1, -0.05) is 6.07 Å². The molecule has 0 aliphatic rings. The minimum atomic E-state index is -0.593. The number of nitro benzene ring substituents is 1. The Morgan fingerprint density at radius 1 is 1.35 bits per heavy atom. The summed E-state index contributed by atoms with van der Waals surface area (Å²) >= 11 is 0. The Kier molecular flexibility index (Phi) is 3.65. The number of hydrogen-bond donors (Lipinski definition) is 1. The van der Waals surface area contributed by atoms with Gasteiger partial charge in [0.2, 0.25) is 5.91 Å². The van der Waals surface area contributed by atoms with Crippen molar-refractivity contribution in [3.05, 3.63) is 57.8 Å². The Bertz CT molecular complexity index is 701. The number of primary amides is 1. The van der Waals surface area contributed by atoms with Crippen molar-refractivity contribution in [2.45, 2.75) is 6.92 Å². The minimum absolute atomic E-state index is 0.0234. The van der Waals surface area contributed by atoms with E-state index in [1.807, 2.05) is 0 Å². The van der Waals surface area contributed by atoms with Crippen molar-refractivity contribution in [3.63, 3.8) is 0 Å². The van der Waals surface area contributed by atoms with Gasteiger partial charge >= 0.3 is 0 Å². The van der Waals surface area contributed by atoms with Crippen LogP contribution in [0.15, 0.2) is 40.8 Å². The molecule has 2 rings (SSSR count). The van der Waals surface area contributed by atoms with Crippen molar-refractivity contribution in [2.75, 3.05) is 0 Å². The van der Waals surface area contributed by atoms with Gasteiger partial charge in [0, 0.05) is 12.1 Å². The van der Waals surface area contributed by atoms with Crippen LogP contribution in [-0.4, -0.2) is 10.8 Å². The van der Waals surface area contributed by atoms with E-state index in [9.17, 15) is 14.9 Å². The molecule has 0 atom stereocenters. The summed E-state index contributed by atoms with van der Waals surface area (Å²) < 4.78 is 5.45. The SMILES string of the molecule is Cc1ccc(-c2ccc(/C=C\C(N)=O)o2)c([N+](=O)[O-])c1. The van der Waals surface area contributed by atoms with Gasteiger partial charge in [0.1, 0.15) is 11.5 Å². The van der Waals surface area contributed by atoms with Crippen LogP contribution in [0.2, 0.25) is 0 Å². The third-order valence-electron chi connectivity index (χ3n) is 2.65. The van der Waals surface area contributed by atoms with Gasteiger partial charge in [-0.05, 0) is 36.8 Å². The third kappa shape index (κ3) is 2.92. The number of nitro groups is 1. The lowest BCUT2D eigenvalue weighted by Gasteiger charge is -2.00. The summed E-state index contributed by atoms with van der Waals surface area (Å²) in [6, 6.07) is 8.10. The zero-order chi connectivity index (χ0) is 14.7. The summed E-state index contributed by atoms with van der Waals surface area (Å²) in [7, 11) is 0. The van der Waals surface area contributed by atoms with E-state index in [2.05, 4.69) is 0 Å². The summed E-state index contributed by atoms with van der Waals surface area (Å²) in [4.78, 5) is 21.2. The molecule has 0 saturated carbocycles. The number of carbonyl (C=O) groups is 1. The number of nitrogens with two attached hydrogens (primary N) is 1. The van der Waals surface area contributed by atoms with Gasteiger partial charge in [0.25, 0.3) is 5.69 Å². The smallest absolute Gasteiger partial charge is 0.280 e. The summed E-state index contributed by atoms with van der Waals surface area (Å²) in [6.07, 6.45) is 2.57. The normalized spacial score (nSPS) is 10.8. The summed E-state index contributed by atoms with van der Waals surface area (Å²) in [5.41, 5.74) is 6.14.